The zero-order valence-electron chi connectivity index (χ0n) is 7.44. The predicted molar refractivity (Wildman–Crippen MR) is 54.7 cm³/mol. The van der Waals surface area contributed by atoms with E-state index in [4.69, 9.17) is 0 Å². The first-order valence-electron chi connectivity index (χ1n) is 4.18. The Balaban J connectivity index is 2.35. The highest BCUT2D eigenvalue weighted by Gasteiger charge is 2.01. The van der Waals surface area contributed by atoms with Crippen LogP contribution in [-0.2, 0) is 0 Å². The van der Waals surface area contributed by atoms with Gasteiger partial charge in [-0.05, 0) is 19.1 Å². The van der Waals surface area contributed by atoms with Gasteiger partial charge in [0.2, 0.25) is 0 Å². The number of benzene rings is 1. The minimum absolute atomic E-state index is 0.964. The summed E-state index contributed by atoms with van der Waals surface area (Å²) in [5.74, 6) is 2.84. The maximum atomic E-state index is 4.02. The summed E-state index contributed by atoms with van der Waals surface area (Å²) in [7, 11) is 0. The van der Waals surface area contributed by atoms with Crippen molar-refractivity contribution in [3.8, 4) is 0 Å². The van der Waals surface area contributed by atoms with Crippen molar-refractivity contribution in [2.75, 3.05) is 4.90 Å². The van der Waals surface area contributed by atoms with Gasteiger partial charge in [0.25, 0.3) is 0 Å². The number of allylic oxidation sites excluding steroid dienone is 1. The van der Waals surface area contributed by atoms with E-state index in [9.17, 15) is 0 Å². The molecule has 0 atom stereocenters. The molecule has 1 aliphatic heterocycles. The van der Waals surface area contributed by atoms with Gasteiger partial charge in [0, 0.05) is 17.8 Å². The van der Waals surface area contributed by atoms with E-state index >= 15 is 0 Å². The molecule has 0 aliphatic carbocycles. The summed E-state index contributed by atoms with van der Waals surface area (Å²) in [5.41, 5.74) is 2.09. The highest BCUT2D eigenvalue weighted by molar-refractivity contribution is 5.66. The smallest absolute Gasteiger partial charge is 0.0708 e. The molecule has 13 heavy (non-hydrogen) atoms. The van der Waals surface area contributed by atoms with Gasteiger partial charge < -0.3 is 4.90 Å². The molecule has 1 heterocycles. The second kappa shape index (κ2) is 3.30. The molecule has 0 N–H and O–H groups in total. The molecule has 1 aromatic carbocycles. The highest BCUT2D eigenvalue weighted by Crippen LogP contribution is 2.16. The van der Waals surface area contributed by atoms with Crippen molar-refractivity contribution in [1.82, 2.24) is 0 Å². The SMILES string of the molecule is CC1=CN(c2ccccc2)C=C=N1. The number of aliphatic imine (C=N–C) groups is 1. The second-order valence-corrected chi connectivity index (χ2v) is 2.88. The van der Waals surface area contributed by atoms with E-state index in [0.717, 1.165) is 11.4 Å². The van der Waals surface area contributed by atoms with Crippen molar-refractivity contribution in [3.05, 3.63) is 48.4 Å². The topological polar surface area (TPSA) is 15.6 Å². The van der Waals surface area contributed by atoms with Crippen molar-refractivity contribution in [1.29, 1.82) is 0 Å². The lowest BCUT2D eigenvalue weighted by Crippen LogP contribution is -2.09. The van der Waals surface area contributed by atoms with E-state index in [1.807, 2.05) is 54.6 Å². The van der Waals surface area contributed by atoms with Gasteiger partial charge in [0.1, 0.15) is 0 Å². The molecule has 1 aromatic rings. The number of rotatable bonds is 1. The Labute approximate surface area is 77.5 Å². The van der Waals surface area contributed by atoms with Gasteiger partial charge in [-0.15, -0.1) is 0 Å². The molecule has 0 saturated carbocycles. The standard InChI is InChI=1S/C11H10N2/c1-10-9-13(8-7-12-10)11-5-3-2-4-6-11/h2-6,8-9H,1H3. The number of hydrogen-bond acceptors (Lipinski definition) is 2. The zero-order chi connectivity index (χ0) is 9.10. The van der Waals surface area contributed by atoms with Crippen LogP contribution in [0.5, 0.6) is 0 Å². The third-order valence-electron chi connectivity index (χ3n) is 1.82. The van der Waals surface area contributed by atoms with E-state index in [-0.39, 0.29) is 0 Å². The Morgan fingerprint density at radius 1 is 1.23 bits per heavy atom. The molecule has 0 aromatic heterocycles. The van der Waals surface area contributed by atoms with E-state index < -0.39 is 0 Å². The summed E-state index contributed by atoms with van der Waals surface area (Å²) >= 11 is 0. The van der Waals surface area contributed by atoms with Crippen LogP contribution < -0.4 is 4.90 Å². The van der Waals surface area contributed by atoms with Gasteiger partial charge >= 0.3 is 0 Å². The summed E-state index contributed by atoms with van der Waals surface area (Å²) < 4.78 is 0. The number of anilines is 1. The van der Waals surface area contributed by atoms with Crippen LogP contribution in [0.2, 0.25) is 0 Å². The van der Waals surface area contributed by atoms with Crippen LogP contribution in [0, 0.1) is 0 Å². The van der Waals surface area contributed by atoms with E-state index in [1.165, 1.54) is 0 Å². The Kier molecular flexibility index (Phi) is 1.99. The maximum absolute atomic E-state index is 4.02. The molecule has 0 spiro atoms. The maximum Gasteiger partial charge on any atom is 0.0708 e. The Hall–Kier alpha value is -1.79. The van der Waals surface area contributed by atoms with Crippen molar-refractivity contribution >= 4 is 11.6 Å². The van der Waals surface area contributed by atoms with Crippen molar-refractivity contribution in [3.63, 3.8) is 0 Å². The molecule has 0 fully saturated rings. The molecule has 0 bridgehead atoms. The van der Waals surface area contributed by atoms with E-state index in [0.29, 0.717) is 0 Å². The average Bonchev–Trinajstić information content (AvgIpc) is 2.19. The van der Waals surface area contributed by atoms with Crippen molar-refractivity contribution in [2.45, 2.75) is 6.92 Å². The van der Waals surface area contributed by atoms with Crippen molar-refractivity contribution < 1.29 is 0 Å². The fraction of sp³-hybridized carbons (Fsp3) is 0.0909. The van der Waals surface area contributed by atoms with E-state index in [1.54, 1.807) is 0 Å². The summed E-state index contributed by atoms with van der Waals surface area (Å²) in [6.45, 7) is 1.95. The van der Waals surface area contributed by atoms with Gasteiger partial charge in [-0.3, -0.25) is 0 Å². The molecular weight excluding hydrogens is 160 g/mol. The fourth-order valence-electron chi connectivity index (χ4n) is 1.21. The lowest BCUT2D eigenvalue weighted by molar-refractivity contribution is 1.18. The van der Waals surface area contributed by atoms with Gasteiger partial charge in [-0.2, -0.15) is 0 Å². The zero-order valence-corrected chi connectivity index (χ0v) is 7.44. The molecule has 0 radical (unpaired) electrons. The summed E-state index contributed by atoms with van der Waals surface area (Å²) in [4.78, 5) is 6.02. The normalized spacial score (nSPS) is 14.5. The summed E-state index contributed by atoms with van der Waals surface area (Å²) in [6, 6.07) is 10.1. The molecule has 2 rings (SSSR count). The molecular formula is C11H10N2. The first kappa shape index (κ1) is 7.84. The van der Waals surface area contributed by atoms with Crippen LogP contribution in [0.15, 0.2) is 53.4 Å². The minimum atomic E-state index is 0.964. The van der Waals surface area contributed by atoms with Gasteiger partial charge in [-0.1, -0.05) is 18.2 Å². The molecule has 0 saturated heterocycles. The average molecular weight is 170 g/mol. The Morgan fingerprint density at radius 2 is 2.00 bits per heavy atom. The van der Waals surface area contributed by atoms with Crippen LogP contribution in [0.1, 0.15) is 6.92 Å². The number of hydrogen-bond donors (Lipinski definition) is 0. The van der Waals surface area contributed by atoms with Crippen LogP contribution in [0.25, 0.3) is 0 Å². The van der Waals surface area contributed by atoms with Crippen molar-refractivity contribution in [2.24, 2.45) is 4.99 Å². The number of para-hydroxylation sites is 1. The summed E-state index contributed by atoms with van der Waals surface area (Å²) in [5, 5.41) is 0. The fourth-order valence-corrected chi connectivity index (χ4v) is 1.21. The Bertz CT molecular complexity index is 384. The molecule has 2 nitrogen and oxygen atoms in total. The molecule has 2 heteroatoms. The third-order valence-corrected chi connectivity index (χ3v) is 1.82. The lowest BCUT2D eigenvalue weighted by Gasteiger charge is -2.16. The first-order chi connectivity index (χ1) is 6.36. The summed E-state index contributed by atoms with van der Waals surface area (Å²) in [6.07, 6.45) is 3.80. The largest absolute Gasteiger partial charge is 0.313 e. The minimum Gasteiger partial charge on any atom is -0.313 e. The molecule has 1 aliphatic rings. The van der Waals surface area contributed by atoms with Crippen LogP contribution in [0.4, 0.5) is 5.69 Å². The quantitative estimate of drug-likeness (QED) is 0.632. The Morgan fingerprint density at radius 3 is 2.69 bits per heavy atom. The second-order valence-electron chi connectivity index (χ2n) is 2.88. The van der Waals surface area contributed by atoms with E-state index in [2.05, 4.69) is 10.9 Å². The lowest BCUT2D eigenvalue weighted by atomic mass is 10.3. The van der Waals surface area contributed by atoms with Gasteiger partial charge in [0.15, 0.2) is 0 Å². The van der Waals surface area contributed by atoms with Crippen LogP contribution in [0.3, 0.4) is 0 Å². The molecule has 0 amide bonds. The monoisotopic (exact) mass is 170 g/mol. The van der Waals surface area contributed by atoms with Gasteiger partial charge in [-0.25, -0.2) is 4.99 Å². The first-order valence-corrected chi connectivity index (χ1v) is 4.18. The number of nitrogens with zero attached hydrogens (tertiary/aromatic N) is 2. The van der Waals surface area contributed by atoms with Crippen LogP contribution in [-0.4, -0.2) is 5.87 Å². The predicted octanol–water partition coefficient (Wildman–Crippen LogP) is 2.55. The van der Waals surface area contributed by atoms with Gasteiger partial charge in [0.05, 0.1) is 11.9 Å². The molecule has 0 unspecified atom stereocenters. The van der Waals surface area contributed by atoms with Crippen LogP contribution >= 0.6 is 0 Å². The third kappa shape index (κ3) is 1.68. The highest BCUT2D eigenvalue weighted by atomic mass is 15.1. The molecule has 64 valence electrons.